The molecule has 0 aromatic heterocycles. The van der Waals surface area contributed by atoms with Gasteiger partial charge in [-0.1, -0.05) is 6.07 Å². The van der Waals surface area contributed by atoms with Crippen LogP contribution in [-0.4, -0.2) is 49.0 Å². The Morgan fingerprint density at radius 2 is 2.00 bits per heavy atom. The zero-order valence-electron chi connectivity index (χ0n) is 10.1. The fourth-order valence-corrected chi connectivity index (χ4v) is 2.35. The molecule has 1 N–H and O–H groups in total. The lowest BCUT2D eigenvalue weighted by Gasteiger charge is -2.32. The Bertz CT molecular complexity index is 427. The first kappa shape index (κ1) is 13.5. The predicted octanol–water partition coefficient (Wildman–Crippen LogP) is 1.48. The highest BCUT2D eigenvalue weighted by molar-refractivity contribution is 9.10. The van der Waals surface area contributed by atoms with Crippen LogP contribution in [0.15, 0.2) is 22.7 Å². The number of piperazine rings is 1. The van der Waals surface area contributed by atoms with Gasteiger partial charge in [0.25, 0.3) is 5.91 Å². The minimum atomic E-state index is -0.518. The lowest BCUT2D eigenvalue weighted by Crippen LogP contribution is -2.52. The third-order valence-electron chi connectivity index (χ3n) is 2.95. The highest BCUT2D eigenvalue weighted by atomic mass is 79.9. The van der Waals surface area contributed by atoms with E-state index in [1.54, 1.807) is 12.1 Å². The molecular weight excluding hydrogens is 301 g/mol. The van der Waals surface area contributed by atoms with Crippen molar-refractivity contribution in [2.75, 3.05) is 33.2 Å². The molecule has 0 atom stereocenters. The molecule has 4 nitrogen and oxygen atoms in total. The first-order valence-electron chi connectivity index (χ1n) is 5.76. The van der Waals surface area contributed by atoms with Crippen molar-refractivity contribution in [2.45, 2.75) is 0 Å². The van der Waals surface area contributed by atoms with Gasteiger partial charge in [0.15, 0.2) is 0 Å². The number of carbonyl (C=O) groups excluding carboxylic acids is 1. The molecule has 1 aromatic rings. The Balaban J connectivity index is 2.04. The van der Waals surface area contributed by atoms with E-state index in [0.29, 0.717) is 4.47 Å². The molecule has 0 saturated carbocycles. The average Bonchev–Trinajstić information content (AvgIpc) is 2.32. The fourth-order valence-electron chi connectivity index (χ4n) is 1.83. The van der Waals surface area contributed by atoms with Gasteiger partial charge in [0.1, 0.15) is 5.82 Å². The molecule has 1 amide bonds. The van der Waals surface area contributed by atoms with Crippen molar-refractivity contribution in [3.05, 3.63) is 34.1 Å². The molecule has 6 heteroatoms. The first-order valence-corrected chi connectivity index (χ1v) is 6.55. The highest BCUT2D eigenvalue weighted by Crippen LogP contribution is 2.19. The van der Waals surface area contributed by atoms with Gasteiger partial charge in [-0.05, 0) is 35.1 Å². The van der Waals surface area contributed by atoms with Gasteiger partial charge in [0, 0.05) is 30.7 Å². The van der Waals surface area contributed by atoms with Gasteiger partial charge < -0.3 is 4.90 Å². The van der Waals surface area contributed by atoms with Gasteiger partial charge in [-0.3, -0.25) is 10.2 Å². The van der Waals surface area contributed by atoms with Crippen LogP contribution in [0, 0.1) is 5.82 Å². The molecule has 0 radical (unpaired) electrons. The SMILES string of the molecule is CN1CCN(NC(=O)c2c(F)cccc2Br)CC1. The third kappa shape index (κ3) is 3.07. The Hall–Kier alpha value is -0.980. The lowest BCUT2D eigenvalue weighted by atomic mass is 10.2. The summed E-state index contributed by atoms with van der Waals surface area (Å²) in [5, 5.41) is 1.82. The molecule has 1 aliphatic heterocycles. The maximum Gasteiger partial charge on any atom is 0.269 e. The van der Waals surface area contributed by atoms with E-state index in [2.05, 4.69) is 26.3 Å². The van der Waals surface area contributed by atoms with Crippen LogP contribution in [0.4, 0.5) is 4.39 Å². The van der Waals surface area contributed by atoms with Crippen LogP contribution in [0.5, 0.6) is 0 Å². The largest absolute Gasteiger partial charge is 0.304 e. The van der Waals surface area contributed by atoms with Gasteiger partial charge in [-0.25, -0.2) is 9.40 Å². The normalized spacial score (nSPS) is 17.7. The van der Waals surface area contributed by atoms with Crippen LogP contribution < -0.4 is 5.43 Å². The second-order valence-electron chi connectivity index (χ2n) is 4.33. The molecular formula is C12H15BrFN3O. The maximum atomic E-state index is 13.6. The van der Waals surface area contributed by atoms with Crippen molar-refractivity contribution in [2.24, 2.45) is 0 Å². The van der Waals surface area contributed by atoms with Crippen molar-refractivity contribution in [3.8, 4) is 0 Å². The zero-order valence-corrected chi connectivity index (χ0v) is 11.7. The number of hydrazine groups is 1. The molecule has 98 valence electrons. The first-order chi connectivity index (χ1) is 8.58. The molecule has 1 aliphatic rings. The molecule has 1 heterocycles. The number of hydrogen-bond donors (Lipinski definition) is 1. The van der Waals surface area contributed by atoms with Crippen molar-refractivity contribution < 1.29 is 9.18 Å². The number of halogens is 2. The lowest BCUT2D eigenvalue weighted by molar-refractivity contribution is 0.0658. The summed E-state index contributed by atoms with van der Waals surface area (Å²) in [6, 6.07) is 4.50. The molecule has 0 bridgehead atoms. The maximum absolute atomic E-state index is 13.6. The minimum absolute atomic E-state index is 0.0522. The number of carbonyl (C=O) groups is 1. The second-order valence-corrected chi connectivity index (χ2v) is 5.18. The van der Waals surface area contributed by atoms with Crippen LogP contribution >= 0.6 is 15.9 Å². The minimum Gasteiger partial charge on any atom is -0.304 e. The number of benzene rings is 1. The summed E-state index contributed by atoms with van der Waals surface area (Å²) in [7, 11) is 2.03. The van der Waals surface area contributed by atoms with Crippen molar-refractivity contribution in [3.63, 3.8) is 0 Å². The van der Waals surface area contributed by atoms with E-state index in [9.17, 15) is 9.18 Å². The Kier molecular flexibility index (Phi) is 4.31. The molecule has 1 aromatic carbocycles. The van der Waals surface area contributed by atoms with Crippen molar-refractivity contribution in [1.29, 1.82) is 0 Å². The predicted molar refractivity (Wildman–Crippen MR) is 70.6 cm³/mol. The van der Waals surface area contributed by atoms with Gasteiger partial charge in [0.05, 0.1) is 5.56 Å². The average molecular weight is 316 g/mol. The number of amides is 1. The summed E-state index contributed by atoms with van der Waals surface area (Å²) in [4.78, 5) is 14.2. The number of hydrogen-bond acceptors (Lipinski definition) is 3. The fraction of sp³-hybridized carbons (Fsp3) is 0.417. The molecule has 0 unspecified atom stereocenters. The van der Waals surface area contributed by atoms with E-state index in [1.165, 1.54) is 6.07 Å². The highest BCUT2D eigenvalue weighted by Gasteiger charge is 2.20. The number of nitrogens with zero attached hydrogens (tertiary/aromatic N) is 2. The Morgan fingerprint density at radius 3 is 2.61 bits per heavy atom. The van der Waals surface area contributed by atoms with Gasteiger partial charge in [0.2, 0.25) is 0 Å². The van der Waals surface area contributed by atoms with Gasteiger partial charge in [-0.15, -0.1) is 0 Å². The van der Waals surface area contributed by atoms with E-state index in [1.807, 2.05) is 12.1 Å². The summed E-state index contributed by atoms with van der Waals surface area (Å²) in [6.07, 6.45) is 0. The van der Waals surface area contributed by atoms with Crippen LogP contribution in [0.2, 0.25) is 0 Å². The van der Waals surface area contributed by atoms with Gasteiger partial charge in [-0.2, -0.15) is 0 Å². The van der Waals surface area contributed by atoms with Crippen LogP contribution in [0.3, 0.4) is 0 Å². The Morgan fingerprint density at radius 1 is 1.33 bits per heavy atom. The molecule has 1 saturated heterocycles. The van der Waals surface area contributed by atoms with E-state index < -0.39 is 11.7 Å². The monoisotopic (exact) mass is 315 g/mol. The summed E-state index contributed by atoms with van der Waals surface area (Å²) in [5.41, 5.74) is 2.79. The van der Waals surface area contributed by atoms with E-state index >= 15 is 0 Å². The van der Waals surface area contributed by atoms with E-state index in [0.717, 1.165) is 26.2 Å². The third-order valence-corrected chi connectivity index (χ3v) is 3.61. The topological polar surface area (TPSA) is 35.6 Å². The molecule has 2 rings (SSSR count). The van der Waals surface area contributed by atoms with Crippen molar-refractivity contribution in [1.82, 2.24) is 15.3 Å². The number of likely N-dealkylation sites (N-methyl/N-ethyl adjacent to an activating group) is 1. The Labute approximate surface area is 114 Å². The van der Waals surface area contributed by atoms with Crippen molar-refractivity contribution >= 4 is 21.8 Å². The van der Waals surface area contributed by atoms with Gasteiger partial charge >= 0.3 is 0 Å². The zero-order chi connectivity index (χ0) is 13.1. The molecule has 1 fully saturated rings. The van der Waals surface area contributed by atoms with E-state index in [-0.39, 0.29) is 5.56 Å². The summed E-state index contributed by atoms with van der Waals surface area (Å²) < 4.78 is 14.1. The molecule has 0 aliphatic carbocycles. The van der Waals surface area contributed by atoms with E-state index in [4.69, 9.17) is 0 Å². The standard InChI is InChI=1S/C12H15BrFN3O/c1-16-5-7-17(8-6-16)15-12(18)11-9(13)3-2-4-10(11)14/h2-4H,5-8H2,1H3,(H,15,18). The molecule has 0 spiro atoms. The summed E-state index contributed by atoms with van der Waals surface area (Å²) in [6.45, 7) is 3.26. The smallest absolute Gasteiger partial charge is 0.269 e. The quantitative estimate of drug-likeness (QED) is 0.898. The number of nitrogens with one attached hydrogen (secondary N) is 1. The van der Waals surface area contributed by atoms with Crippen LogP contribution in [0.25, 0.3) is 0 Å². The van der Waals surface area contributed by atoms with Crippen LogP contribution in [0.1, 0.15) is 10.4 Å². The summed E-state index contributed by atoms with van der Waals surface area (Å²) >= 11 is 3.19. The number of rotatable bonds is 2. The second kappa shape index (κ2) is 5.77. The summed E-state index contributed by atoms with van der Waals surface area (Å²) in [5.74, 6) is -0.930. The van der Waals surface area contributed by atoms with Crippen LogP contribution in [-0.2, 0) is 0 Å². The molecule has 18 heavy (non-hydrogen) atoms.